The molecule has 0 amide bonds. The second-order valence-electron chi connectivity index (χ2n) is 8.35. The molecule has 5 heteroatoms. The topological polar surface area (TPSA) is 61.8 Å². The van der Waals surface area contributed by atoms with Crippen LogP contribution in [0, 0.1) is 6.92 Å². The molecule has 0 heterocycles. The summed E-state index contributed by atoms with van der Waals surface area (Å²) >= 11 is 0. The summed E-state index contributed by atoms with van der Waals surface area (Å²) in [7, 11) is 0. The highest BCUT2D eigenvalue weighted by Crippen LogP contribution is 2.37. The molecular weight excluding hydrogens is 380 g/mol. The summed E-state index contributed by atoms with van der Waals surface area (Å²) < 4.78 is 15.9. The molecule has 0 aliphatic rings. The molecule has 0 aliphatic carbocycles. The number of esters is 1. The number of ether oxygens (including phenoxy) is 3. The molecule has 0 saturated carbocycles. The van der Waals surface area contributed by atoms with E-state index in [1.807, 2.05) is 25.1 Å². The van der Waals surface area contributed by atoms with E-state index >= 15 is 0 Å². The van der Waals surface area contributed by atoms with E-state index < -0.39 is 12.1 Å². The fourth-order valence-electron chi connectivity index (χ4n) is 2.96. The fourth-order valence-corrected chi connectivity index (χ4v) is 2.96. The van der Waals surface area contributed by atoms with E-state index in [4.69, 9.17) is 14.2 Å². The molecule has 0 aromatic heterocycles. The molecule has 0 aliphatic heterocycles. The highest BCUT2D eigenvalue weighted by Gasteiger charge is 2.23. The minimum atomic E-state index is -0.833. The molecule has 0 saturated heterocycles. The number of unbranched alkanes of at least 4 members (excludes halogenated alkanes) is 1. The Kier molecular flexibility index (Phi) is 8.04. The van der Waals surface area contributed by atoms with Gasteiger partial charge in [0.25, 0.3) is 0 Å². The third-order valence-electron chi connectivity index (χ3n) is 4.77. The van der Waals surface area contributed by atoms with Crippen molar-refractivity contribution in [1.82, 2.24) is 0 Å². The summed E-state index contributed by atoms with van der Waals surface area (Å²) in [5, 5.41) is 0. The van der Waals surface area contributed by atoms with Crippen LogP contribution in [0.2, 0.25) is 0 Å². The number of benzene rings is 2. The van der Waals surface area contributed by atoms with Crippen LogP contribution in [0.15, 0.2) is 36.4 Å². The van der Waals surface area contributed by atoms with Crippen LogP contribution in [0.25, 0.3) is 0 Å². The second kappa shape index (κ2) is 10.3. The van der Waals surface area contributed by atoms with E-state index in [9.17, 15) is 9.59 Å². The smallest absolute Gasteiger partial charge is 0.434 e. The number of rotatable bonds is 7. The van der Waals surface area contributed by atoms with E-state index in [1.54, 1.807) is 25.1 Å². The van der Waals surface area contributed by atoms with Crippen LogP contribution in [-0.2, 0) is 16.6 Å². The quantitative estimate of drug-likeness (QED) is 0.299. The van der Waals surface area contributed by atoms with Gasteiger partial charge in [0.2, 0.25) is 0 Å². The molecule has 0 spiro atoms. The lowest BCUT2D eigenvalue weighted by atomic mass is 9.86. The number of aryl methyl sites for hydroxylation is 2. The van der Waals surface area contributed by atoms with Gasteiger partial charge in [0, 0.05) is 0 Å². The highest BCUT2D eigenvalue weighted by atomic mass is 16.7. The van der Waals surface area contributed by atoms with Crippen molar-refractivity contribution in [3.05, 3.63) is 58.7 Å². The van der Waals surface area contributed by atoms with Crippen molar-refractivity contribution < 1.29 is 23.8 Å². The van der Waals surface area contributed by atoms with Crippen LogP contribution in [0.5, 0.6) is 11.5 Å². The molecule has 0 bridgehead atoms. The number of carbonyl (C=O) groups excluding carboxylic acids is 2. The summed E-state index contributed by atoms with van der Waals surface area (Å²) in [6.45, 7) is 12.0. The molecule has 0 unspecified atom stereocenters. The molecule has 162 valence electrons. The highest BCUT2D eigenvalue weighted by molar-refractivity contribution is 5.91. The maximum Gasteiger partial charge on any atom is 0.513 e. The first-order valence-corrected chi connectivity index (χ1v) is 10.5. The number of hydrogen-bond donors (Lipinski definition) is 0. The average molecular weight is 413 g/mol. The zero-order chi connectivity index (χ0) is 22.3. The van der Waals surface area contributed by atoms with E-state index in [0.29, 0.717) is 11.1 Å². The molecule has 0 N–H and O–H groups in total. The lowest BCUT2D eigenvalue weighted by Crippen LogP contribution is -2.17. The third kappa shape index (κ3) is 6.34. The molecule has 2 aromatic rings. The molecule has 0 radical (unpaired) electrons. The van der Waals surface area contributed by atoms with Crippen LogP contribution in [-0.4, -0.2) is 18.7 Å². The van der Waals surface area contributed by atoms with Crippen LogP contribution in [0.1, 0.15) is 74.5 Å². The van der Waals surface area contributed by atoms with Gasteiger partial charge in [0.05, 0.1) is 12.2 Å². The Balaban J connectivity index is 2.32. The Morgan fingerprint density at radius 2 is 1.63 bits per heavy atom. The van der Waals surface area contributed by atoms with Crippen LogP contribution >= 0.6 is 0 Å². The lowest BCUT2D eigenvalue weighted by molar-refractivity contribution is 0.0716. The maximum atomic E-state index is 12.7. The summed E-state index contributed by atoms with van der Waals surface area (Å²) in [6, 6.07) is 11.1. The molecule has 5 nitrogen and oxygen atoms in total. The predicted molar refractivity (Wildman–Crippen MR) is 118 cm³/mol. The van der Waals surface area contributed by atoms with Crippen molar-refractivity contribution in [2.45, 2.75) is 66.2 Å². The average Bonchev–Trinajstić information content (AvgIpc) is 2.68. The van der Waals surface area contributed by atoms with Gasteiger partial charge in [-0.15, -0.1) is 0 Å². The van der Waals surface area contributed by atoms with Gasteiger partial charge in [-0.25, -0.2) is 9.59 Å². The molecule has 30 heavy (non-hydrogen) atoms. The minimum Gasteiger partial charge on any atom is -0.434 e. The van der Waals surface area contributed by atoms with Gasteiger partial charge >= 0.3 is 12.1 Å². The molecule has 0 fully saturated rings. The predicted octanol–water partition coefficient (Wildman–Crippen LogP) is 6.39. The van der Waals surface area contributed by atoms with Gasteiger partial charge in [-0.1, -0.05) is 52.3 Å². The zero-order valence-electron chi connectivity index (χ0n) is 18.8. The van der Waals surface area contributed by atoms with Crippen molar-refractivity contribution in [2.24, 2.45) is 0 Å². The first-order valence-electron chi connectivity index (χ1n) is 10.5. The normalized spacial score (nSPS) is 11.1. The van der Waals surface area contributed by atoms with E-state index in [1.165, 1.54) is 5.56 Å². The number of carbonyl (C=O) groups is 2. The lowest BCUT2D eigenvalue weighted by Gasteiger charge is -2.22. The molecular formula is C25H32O5. The van der Waals surface area contributed by atoms with Gasteiger partial charge in [-0.05, 0) is 67.0 Å². The summed E-state index contributed by atoms with van der Waals surface area (Å²) in [5.74, 6) is -0.111. The first-order chi connectivity index (χ1) is 14.2. The standard InChI is InChI=1S/C25H32O5/c1-7-9-10-18-11-13-19(14-12-18)23(26)30-22-17(3)15-20(25(4,5)6)16-21(22)29-24(27)28-8-2/h11-16H,7-10H2,1-6H3. The first kappa shape index (κ1) is 23.5. The number of hydrogen-bond acceptors (Lipinski definition) is 5. The van der Waals surface area contributed by atoms with Crippen LogP contribution in [0.4, 0.5) is 4.79 Å². The van der Waals surface area contributed by atoms with Crippen LogP contribution in [0.3, 0.4) is 0 Å². The molecule has 0 atom stereocenters. The summed E-state index contributed by atoms with van der Waals surface area (Å²) in [4.78, 5) is 24.7. The monoisotopic (exact) mass is 412 g/mol. The second-order valence-corrected chi connectivity index (χ2v) is 8.35. The van der Waals surface area contributed by atoms with E-state index in [0.717, 1.165) is 24.8 Å². The Hall–Kier alpha value is -2.82. The Morgan fingerprint density at radius 1 is 0.967 bits per heavy atom. The maximum absolute atomic E-state index is 12.7. The largest absolute Gasteiger partial charge is 0.513 e. The van der Waals surface area contributed by atoms with Gasteiger partial charge in [-0.2, -0.15) is 0 Å². The Labute approximate surface area is 179 Å². The van der Waals surface area contributed by atoms with Crippen molar-refractivity contribution in [2.75, 3.05) is 6.61 Å². The summed E-state index contributed by atoms with van der Waals surface area (Å²) in [6.07, 6.45) is 2.38. The Bertz CT molecular complexity index is 876. The van der Waals surface area contributed by atoms with E-state index in [-0.39, 0.29) is 23.5 Å². The molecule has 2 rings (SSSR count). The summed E-state index contributed by atoms with van der Waals surface area (Å²) in [5.41, 5.74) is 3.12. The van der Waals surface area contributed by atoms with Crippen molar-refractivity contribution in [3.63, 3.8) is 0 Å². The zero-order valence-corrected chi connectivity index (χ0v) is 18.8. The van der Waals surface area contributed by atoms with Gasteiger partial charge in [-0.3, -0.25) is 0 Å². The van der Waals surface area contributed by atoms with Crippen molar-refractivity contribution >= 4 is 12.1 Å². The van der Waals surface area contributed by atoms with E-state index in [2.05, 4.69) is 27.7 Å². The van der Waals surface area contributed by atoms with Crippen LogP contribution < -0.4 is 9.47 Å². The van der Waals surface area contributed by atoms with Crippen molar-refractivity contribution in [3.8, 4) is 11.5 Å². The minimum absolute atomic E-state index is 0.172. The SMILES string of the molecule is CCCCc1ccc(C(=O)Oc2c(C)cc(C(C)(C)C)cc2OC(=O)OCC)cc1. The van der Waals surface area contributed by atoms with Gasteiger partial charge in [0.15, 0.2) is 11.5 Å². The Morgan fingerprint density at radius 3 is 2.20 bits per heavy atom. The third-order valence-corrected chi connectivity index (χ3v) is 4.77. The van der Waals surface area contributed by atoms with Gasteiger partial charge < -0.3 is 14.2 Å². The fraction of sp³-hybridized carbons (Fsp3) is 0.440. The van der Waals surface area contributed by atoms with Crippen molar-refractivity contribution in [1.29, 1.82) is 0 Å². The molecule has 2 aromatic carbocycles. The van der Waals surface area contributed by atoms with Gasteiger partial charge in [0.1, 0.15) is 0 Å².